The molecule has 4 N–H and O–H groups in total. The third kappa shape index (κ3) is 60.7. The predicted octanol–water partition coefficient (Wildman–Crippen LogP) is -0.433. The number of nitrogens with two attached hydrogens (primary N) is 1. The molecule has 6 nitrogen and oxygen atoms in total. The van der Waals surface area contributed by atoms with Gasteiger partial charge in [0, 0.05) is 6.04 Å². The van der Waals surface area contributed by atoms with Crippen molar-refractivity contribution in [1.29, 1.82) is 0 Å². The lowest BCUT2D eigenvalue weighted by molar-refractivity contribution is 0.191. The fraction of sp³-hybridized carbons (Fsp3) is 0.800. The van der Waals surface area contributed by atoms with Crippen molar-refractivity contribution >= 4 is 16.1 Å². The number of rotatable bonds is 1. The lowest BCUT2D eigenvalue weighted by atomic mass is 10.4. The molecule has 0 aromatic carbocycles. The Morgan fingerprint density at radius 3 is 1.75 bits per heavy atom. The maximum absolute atomic E-state index is 9.70. The number of nitrogens with one attached hydrogen (secondary N) is 1. The highest BCUT2D eigenvalue weighted by atomic mass is 32.2. The Labute approximate surface area is 71.8 Å². The van der Waals surface area contributed by atoms with Crippen LogP contribution in [0.1, 0.15) is 13.8 Å². The fourth-order valence-corrected chi connectivity index (χ4v) is 0.247. The molecule has 0 unspecified atom stereocenters. The summed E-state index contributed by atoms with van der Waals surface area (Å²) in [6.45, 7) is 3.54. The van der Waals surface area contributed by atoms with Gasteiger partial charge in [-0.1, -0.05) is 0 Å². The van der Waals surface area contributed by atoms with Gasteiger partial charge in [-0.05, 0) is 13.8 Å². The standard InChI is InChI=1S/C4H9NO2.CH5NO2S/c1-3(2)5-4(6)7;1-5(2,3)4/h3,5H,1-2H3,(H,6,7);1H3,(H2,2,3,4). The van der Waals surface area contributed by atoms with E-state index in [0.717, 1.165) is 6.26 Å². The SMILES string of the molecule is CC(C)NC(=O)O.CS(N)(=O)=O. The van der Waals surface area contributed by atoms with Crippen molar-refractivity contribution in [2.24, 2.45) is 5.14 Å². The second-order valence-electron chi connectivity index (χ2n) is 2.43. The summed E-state index contributed by atoms with van der Waals surface area (Å²) < 4.78 is 18.8. The van der Waals surface area contributed by atoms with Crippen LogP contribution in [0.25, 0.3) is 0 Å². The summed E-state index contributed by atoms with van der Waals surface area (Å²) in [4.78, 5) is 9.70. The zero-order chi connectivity index (χ0) is 10.4. The number of carboxylic acid groups (broad SMARTS) is 1. The smallest absolute Gasteiger partial charge is 0.404 e. The highest BCUT2D eigenvalue weighted by Crippen LogP contribution is 1.72. The maximum Gasteiger partial charge on any atom is 0.404 e. The predicted molar refractivity (Wildman–Crippen MR) is 45.3 cm³/mol. The Bertz CT molecular complexity index is 214. The van der Waals surface area contributed by atoms with Crippen molar-refractivity contribution in [3.63, 3.8) is 0 Å². The summed E-state index contributed by atoms with van der Waals surface area (Å²) in [5.41, 5.74) is 0. The molecule has 0 atom stereocenters. The van der Waals surface area contributed by atoms with Gasteiger partial charge in [-0.3, -0.25) is 0 Å². The Morgan fingerprint density at radius 2 is 1.75 bits per heavy atom. The molecule has 0 aliphatic carbocycles. The van der Waals surface area contributed by atoms with Crippen LogP contribution in [0.2, 0.25) is 0 Å². The van der Waals surface area contributed by atoms with E-state index < -0.39 is 16.1 Å². The van der Waals surface area contributed by atoms with Crippen molar-refractivity contribution in [2.75, 3.05) is 6.26 Å². The van der Waals surface area contributed by atoms with Gasteiger partial charge in [0.05, 0.1) is 6.26 Å². The molecule has 0 aromatic rings. The van der Waals surface area contributed by atoms with Crippen LogP contribution in [0.3, 0.4) is 0 Å². The summed E-state index contributed by atoms with van der Waals surface area (Å²) in [7, 11) is -3.17. The monoisotopic (exact) mass is 198 g/mol. The molecule has 0 radical (unpaired) electrons. The van der Waals surface area contributed by atoms with Gasteiger partial charge in [-0.25, -0.2) is 18.4 Å². The zero-order valence-corrected chi connectivity index (χ0v) is 8.05. The summed E-state index contributed by atoms with van der Waals surface area (Å²) in [6.07, 6.45) is -0.0255. The molecule has 0 fully saturated rings. The molecule has 7 heteroatoms. The molecule has 0 bridgehead atoms. The first-order valence-electron chi connectivity index (χ1n) is 3.10. The van der Waals surface area contributed by atoms with E-state index in [4.69, 9.17) is 5.11 Å². The van der Waals surface area contributed by atoms with E-state index in [1.807, 2.05) is 0 Å². The normalized spacial score (nSPS) is 10.1. The van der Waals surface area contributed by atoms with Gasteiger partial charge in [-0.2, -0.15) is 0 Å². The molecule has 12 heavy (non-hydrogen) atoms. The van der Waals surface area contributed by atoms with E-state index in [-0.39, 0.29) is 6.04 Å². The van der Waals surface area contributed by atoms with Crippen LogP contribution in [0.5, 0.6) is 0 Å². The molecule has 0 aliphatic rings. The van der Waals surface area contributed by atoms with E-state index in [1.165, 1.54) is 0 Å². The van der Waals surface area contributed by atoms with Crippen molar-refractivity contribution < 1.29 is 18.3 Å². The molecular weight excluding hydrogens is 184 g/mol. The van der Waals surface area contributed by atoms with E-state index >= 15 is 0 Å². The number of carbonyl (C=O) groups is 1. The van der Waals surface area contributed by atoms with Gasteiger partial charge < -0.3 is 10.4 Å². The molecule has 1 amide bonds. The van der Waals surface area contributed by atoms with E-state index in [0.29, 0.717) is 0 Å². The van der Waals surface area contributed by atoms with Crippen LogP contribution in [0.4, 0.5) is 4.79 Å². The lowest BCUT2D eigenvalue weighted by Crippen LogP contribution is -2.27. The summed E-state index contributed by atoms with van der Waals surface area (Å²) in [6, 6.07) is 0.0255. The number of hydrogen-bond acceptors (Lipinski definition) is 3. The Kier molecular flexibility index (Phi) is 6.63. The van der Waals surface area contributed by atoms with E-state index in [2.05, 4.69) is 10.5 Å². The molecule has 74 valence electrons. The Morgan fingerprint density at radius 1 is 1.50 bits per heavy atom. The van der Waals surface area contributed by atoms with Crippen molar-refractivity contribution in [1.82, 2.24) is 5.32 Å². The Balaban J connectivity index is 0. The average molecular weight is 198 g/mol. The van der Waals surface area contributed by atoms with Crippen LogP contribution < -0.4 is 10.5 Å². The third-order valence-corrected chi connectivity index (χ3v) is 0.412. The topological polar surface area (TPSA) is 109 Å². The van der Waals surface area contributed by atoms with Gasteiger partial charge in [0.25, 0.3) is 0 Å². The summed E-state index contributed by atoms with van der Waals surface area (Å²) >= 11 is 0. The maximum atomic E-state index is 9.70. The second kappa shape index (κ2) is 5.78. The molecule has 0 saturated carbocycles. The fourth-order valence-electron chi connectivity index (χ4n) is 0.247. The molecule has 0 spiro atoms. The quantitative estimate of drug-likeness (QED) is 0.531. The number of amides is 1. The van der Waals surface area contributed by atoms with Gasteiger partial charge in [0.15, 0.2) is 0 Å². The van der Waals surface area contributed by atoms with Crippen molar-refractivity contribution in [3.8, 4) is 0 Å². The van der Waals surface area contributed by atoms with Crippen molar-refractivity contribution in [2.45, 2.75) is 19.9 Å². The van der Waals surface area contributed by atoms with Crippen LogP contribution in [0, 0.1) is 0 Å². The Hall–Kier alpha value is -0.820. The lowest BCUT2D eigenvalue weighted by Gasteiger charge is -2.00. The second-order valence-corrected chi connectivity index (χ2v) is 4.09. The van der Waals surface area contributed by atoms with Gasteiger partial charge >= 0.3 is 6.09 Å². The van der Waals surface area contributed by atoms with Crippen LogP contribution >= 0.6 is 0 Å². The summed E-state index contributed by atoms with van der Waals surface area (Å²) in [5, 5.41) is 14.5. The first-order valence-corrected chi connectivity index (χ1v) is 5.05. The van der Waals surface area contributed by atoms with E-state index in [9.17, 15) is 13.2 Å². The first kappa shape index (κ1) is 13.7. The molecular formula is C5H14N2O4S. The molecule has 0 rings (SSSR count). The molecule has 0 aromatic heterocycles. The van der Waals surface area contributed by atoms with Gasteiger partial charge in [-0.15, -0.1) is 0 Å². The minimum absolute atomic E-state index is 0.0255. The zero-order valence-electron chi connectivity index (χ0n) is 7.23. The summed E-state index contributed by atoms with van der Waals surface area (Å²) in [5.74, 6) is 0. The third-order valence-electron chi connectivity index (χ3n) is 0.412. The van der Waals surface area contributed by atoms with Crippen molar-refractivity contribution in [3.05, 3.63) is 0 Å². The van der Waals surface area contributed by atoms with Gasteiger partial charge in [0.1, 0.15) is 0 Å². The minimum Gasteiger partial charge on any atom is -0.465 e. The molecule has 0 saturated heterocycles. The largest absolute Gasteiger partial charge is 0.465 e. The minimum atomic E-state index is -3.17. The number of sulfonamides is 1. The van der Waals surface area contributed by atoms with Gasteiger partial charge in [0.2, 0.25) is 10.0 Å². The van der Waals surface area contributed by atoms with Crippen LogP contribution in [0.15, 0.2) is 0 Å². The highest BCUT2D eigenvalue weighted by molar-refractivity contribution is 7.88. The highest BCUT2D eigenvalue weighted by Gasteiger charge is 1.94. The first-order chi connectivity index (χ1) is 5.13. The average Bonchev–Trinajstić information content (AvgIpc) is 1.52. The number of hydrogen-bond donors (Lipinski definition) is 3. The van der Waals surface area contributed by atoms with Crippen LogP contribution in [-0.4, -0.2) is 31.9 Å². The number of primary sulfonamides is 1. The molecule has 0 heterocycles. The molecule has 0 aliphatic heterocycles. The van der Waals surface area contributed by atoms with E-state index in [1.54, 1.807) is 13.8 Å². The van der Waals surface area contributed by atoms with Crippen LogP contribution in [-0.2, 0) is 10.0 Å².